The number of ether oxygens (including phenoxy) is 1. The molecule has 2 rings (SSSR count). The van der Waals surface area contributed by atoms with Crippen molar-refractivity contribution in [2.24, 2.45) is 4.99 Å². The van der Waals surface area contributed by atoms with Gasteiger partial charge in [0, 0.05) is 25.1 Å². The molecule has 0 atom stereocenters. The monoisotopic (exact) mass is 477 g/mol. The highest BCUT2D eigenvalue weighted by atomic mass is 16.5. The lowest BCUT2D eigenvalue weighted by Crippen LogP contribution is -2.30. The van der Waals surface area contributed by atoms with Crippen LogP contribution in [0, 0.1) is 6.92 Å². The van der Waals surface area contributed by atoms with Gasteiger partial charge < -0.3 is 15.4 Å². The van der Waals surface area contributed by atoms with E-state index in [1.807, 2.05) is 31.2 Å². The van der Waals surface area contributed by atoms with Gasteiger partial charge in [0.2, 0.25) is 6.08 Å². The minimum Gasteiger partial charge on any atom is -0.457 e. The molecule has 2 N–H and O–H groups in total. The van der Waals surface area contributed by atoms with Crippen LogP contribution in [-0.4, -0.2) is 36.8 Å². The number of hydrogen-bond donors (Lipinski definition) is 2. The Hall–Kier alpha value is -4.29. The molecule has 8 nitrogen and oxygen atoms in total. The van der Waals surface area contributed by atoms with Crippen LogP contribution < -0.4 is 15.4 Å². The number of carbonyl (C=O) groups is 3. The summed E-state index contributed by atoms with van der Waals surface area (Å²) in [5.74, 6) is 1.32. The molecular weight excluding hydrogens is 446 g/mol. The van der Waals surface area contributed by atoms with Crippen molar-refractivity contribution < 1.29 is 23.9 Å². The number of benzene rings is 2. The summed E-state index contributed by atoms with van der Waals surface area (Å²) in [6.45, 7) is 12.8. The van der Waals surface area contributed by atoms with Crippen LogP contribution in [0.4, 0.5) is 10.5 Å². The number of nitrogens with one attached hydrogen (secondary N) is 2. The molecule has 0 fully saturated rings. The number of allylic oxidation sites excluding steroid dienone is 2. The predicted octanol–water partition coefficient (Wildman–Crippen LogP) is 5.30. The number of amides is 2. The first-order chi connectivity index (χ1) is 16.6. The number of hydrogen-bond acceptors (Lipinski definition) is 6. The molecular formula is C27H31N3O5. The van der Waals surface area contributed by atoms with Crippen molar-refractivity contribution in [3.8, 4) is 11.5 Å². The lowest BCUT2D eigenvalue weighted by atomic mass is 10.2. The molecule has 0 heterocycles. The molecule has 8 heteroatoms. The largest absolute Gasteiger partial charge is 0.457 e. The van der Waals surface area contributed by atoms with Crippen molar-refractivity contribution in [2.45, 2.75) is 33.6 Å². The van der Waals surface area contributed by atoms with Gasteiger partial charge in [0.05, 0.1) is 6.54 Å². The van der Waals surface area contributed by atoms with Crippen molar-refractivity contribution in [3.63, 3.8) is 0 Å². The first kappa shape index (κ1) is 28.7. The first-order valence-electron chi connectivity index (χ1n) is 10.9. The molecule has 0 spiro atoms. The molecule has 0 saturated heterocycles. The van der Waals surface area contributed by atoms with Crippen molar-refractivity contribution in [3.05, 3.63) is 78.4 Å². The molecule has 0 radical (unpaired) electrons. The Morgan fingerprint density at radius 1 is 0.886 bits per heavy atom. The van der Waals surface area contributed by atoms with E-state index in [-0.39, 0.29) is 43.5 Å². The second kappa shape index (κ2) is 15.5. The molecule has 2 aromatic rings. The number of isocyanates is 1. The maximum atomic E-state index is 11.8. The van der Waals surface area contributed by atoms with Crippen LogP contribution in [0.15, 0.2) is 77.8 Å². The maximum absolute atomic E-state index is 11.8. The molecule has 0 aliphatic rings. The second-order valence-corrected chi connectivity index (χ2v) is 7.70. The number of rotatable bonds is 11. The van der Waals surface area contributed by atoms with Gasteiger partial charge in [0.1, 0.15) is 11.5 Å². The van der Waals surface area contributed by atoms with Crippen LogP contribution in [-0.2, 0) is 14.4 Å². The van der Waals surface area contributed by atoms with E-state index in [9.17, 15) is 19.2 Å². The van der Waals surface area contributed by atoms with Gasteiger partial charge >= 0.3 is 6.03 Å². The zero-order valence-corrected chi connectivity index (χ0v) is 20.3. The minimum atomic E-state index is -0.360. The number of anilines is 1. The summed E-state index contributed by atoms with van der Waals surface area (Å²) in [6.07, 6.45) is 1.85. The van der Waals surface area contributed by atoms with E-state index >= 15 is 0 Å². The van der Waals surface area contributed by atoms with Gasteiger partial charge in [-0.25, -0.2) is 14.6 Å². The smallest absolute Gasteiger partial charge is 0.319 e. The Bertz CT molecular complexity index is 1080. The fraction of sp³-hybridized carbons (Fsp3) is 0.259. The lowest BCUT2D eigenvalue weighted by Gasteiger charge is -2.09. The van der Waals surface area contributed by atoms with E-state index in [2.05, 4.69) is 28.8 Å². The Morgan fingerprint density at radius 3 is 1.91 bits per heavy atom. The molecule has 0 aliphatic carbocycles. The molecule has 0 unspecified atom stereocenters. The van der Waals surface area contributed by atoms with Gasteiger partial charge in [-0.15, -0.1) is 0 Å². The van der Waals surface area contributed by atoms with E-state index in [1.54, 1.807) is 38.1 Å². The topological polar surface area (TPSA) is 114 Å². The summed E-state index contributed by atoms with van der Waals surface area (Å²) >= 11 is 0. The number of ketones is 2. The fourth-order valence-electron chi connectivity index (χ4n) is 2.44. The molecule has 0 bridgehead atoms. The van der Waals surface area contributed by atoms with Crippen LogP contribution >= 0.6 is 0 Å². The van der Waals surface area contributed by atoms with E-state index in [0.717, 1.165) is 5.75 Å². The molecule has 2 aromatic carbocycles. The fourth-order valence-corrected chi connectivity index (χ4v) is 2.44. The maximum Gasteiger partial charge on any atom is 0.319 e. The Kier molecular flexibility index (Phi) is 12.8. The summed E-state index contributed by atoms with van der Waals surface area (Å²) in [6, 6.07) is 14.5. The predicted molar refractivity (Wildman–Crippen MR) is 137 cm³/mol. The normalized spacial score (nSPS) is 9.46. The zero-order chi connectivity index (χ0) is 26.2. The molecule has 184 valence electrons. The van der Waals surface area contributed by atoms with Gasteiger partial charge in [0.25, 0.3) is 0 Å². The van der Waals surface area contributed by atoms with Crippen LogP contribution in [0.1, 0.15) is 32.3 Å². The van der Waals surface area contributed by atoms with Crippen molar-refractivity contribution in [1.82, 2.24) is 5.32 Å². The first-order valence-corrected chi connectivity index (χ1v) is 10.9. The molecule has 0 saturated carbocycles. The molecule has 0 aliphatic heterocycles. The molecule has 35 heavy (non-hydrogen) atoms. The number of aryl methyl sites for hydroxylation is 1. The summed E-state index contributed by atoms with van der Waals surface area (Å²) in [5, 5.41) is 5.34. The average molecular weight is 478 g/mol. The summed E-state index contributed by atoms with van der Waals surface area (Å²) in [4.78, 5) is 46.7. The highest BCUT2D eigenvalue weighted by Gasteiger charge is 2.05. The zero-order valence-electron chi connectivity index (χ0n) is 20.3. The van der Waals surface area contributed by atoms with Gasteiger partial charge in [0.15, 0.2) is 11.6 Å². The van der Waals surface area contributed by atoms with Crippen LogP contribution in [0.25, 0.3) is 0 Å². The highest BCUT2D eigenvalue weighted by Crippen LogP contribution is 2.23. The van der Waals surface area contributed by atoms with E-state index in [0.29, 0.717) is 22.6 Å². The average Bonchev–Trinajstić information content (AvgIpc) is 2.82. The van der Waals surface area contributed by atoms with E-state index in [4.69, 9.17) is 4.74 Å². The number of Topliss-reactive ketones (excluding diaryl/α,β-unsaturated/α-hetero) is 2. The highest BCUT2D eigenvalue weighted by molar-refractivity contribution is 5.95. The number of nitrogens with zero attached hydrogens (tertiary/aromatic N) is 1. The van der Waals surface area contributed by atoms with Crippen molar-refractivity contribution in [2.75, 3.05) is 18.4 Å². The van der Waals surface area contributed by atoms with Crippen LogP contribution in [0.5, 0.6) is 11.5 Å². The van der Waals surface area contributed by atoms with Crippen molar-refractivity contribution >= 4 is 29.4 Å². The summed E-state index contributed by atoms with van der Waals surface area (Å²) in [5.41, 5.74) is 2.80. The Labute approximate surface area is 205 Å². The van der Waals surface area contributed by atoms with Gasteiger partial charge in [-0.3, -0.25) is 9.59 Å². The van der Waals surface area contributed by atoms with E-state index < -0.39 is 0 Å². The molecule has 0 aromatic heterocycles. The van der Waals surface area contributed by atoms with Gasteiger partial charge in [-0.2, -0.15) is 0 Å². The number of carbonyl (C=O) groups excluding carboxylic acids is 4. The minimum absolute atomic E-state index is 0.0565. The summed E-state index contributed by atoms with van der Waals surface area (Å²) in [7, 11) is 0. The Balaban J connectivity index is 0.000000518. The standard InChI is InChI=1S/C20H22N2O3.C7H9NO2/c1-14(2)19(23)12-13-21-20(24)22-16-6-10-18(11-7-16)25-17-8-4-15(3)5-9-17;1-6(2)7(10)3-4-8-5-9/h4-11H,1,12-13H2,2-3H3,(H2,21,22,24);1,3-4H2,2H3. The van der Waals surface area contributed by atoms with Gasteiger partial charge in [-0.1, -0.05) is 30.9 Å². The third-order valence-corrected chi connectivity index (χ3v) is 4.47. The lowest BCUT2D eigenvalue weighted by molar-refractivity contribution is -0.116. The number of urea groups is 1. The summed E-state index contributed by atoms with van der Waals surface area (Å²) < 4.78 is 5.73. The Morgan fingerprint density at radius 2 is 1.40 bits per heavy atom. The van der Waals surface area contributed by atoms with E-state index in [1.165, 1.54) is 11.6 Å². The number of aliphatic imine (C=N–C) groups is 1. The second-order valence-electron chi connectivity index (χ2n) is 7.70. The third-order valence-electron chi connectivity index (χ3n) is 4.47. The molecule has 2 amide bonds. The van der Waals surface area contributed by atoms with Crippen LogP contribution in [0.2, 0.25) is 0 Å². The van der Waals surface area contributed by atoms with Crippen LogP contribution in [0.3, 0.4) is 0 Å². The quantitative estimate of drug-likeness (QED) is 0.259. The van der Waals surface area contributed by atoms with Crippen molar-refractivity contribution in [1.29, 1.82) is 0 Å². The van der Waals surface area contributed by atoms with Gasteiger partial charge in [-0.05, 0) is 68.3 Å². The SMILES string of the molecule is C=C(C)C(=O)CCN=C=O.C=C(C)C(=O)CCNC(=O)Nc1ccc(Oc2ccc(C)cc2)cc1. The third kappa shape index (κ3) is 12.5.